The summed E-state index contributed by atoms with van der Waals surface area (Å²) in [5, 5.41) is 26.1. The van der Waals surface area contributed by atoms with E-state index in [0.29, 0.717) is 12.3 Å². The number of furan rings is 1. The lowest BCUT2D eigenvalue weighted by Gasteiger charge is -2.10. The van der Waals surface area contributed by atoms with E-state index in [9.17, 15) is 15.2 Å². The summed E-state index contributed by atoms with van der Waals surface area (Å²) in [5.74, 6) is 0.565. The van der Waals surface area contributed by atoms with Crippen LogP contribution >= 0.6 is 12.2 Å². The fourth-order valence-corrected chi connectivity index (χ4v) is 1.67. The number of nitrogens with zero attached hydrogens (tertiary/aromatic N) is 1. The van der Waals surface area contributed by atoms with Crippen molar-refractivity contribution in [2.24, 2.45) is 0 Å². The summed E-state index contributed by atoms with van der Waals surface area (Å²) < 4.78 is 5.12. The Bertz CT molecular complexity index is 628. The highest BCUT2D eigenvalue weighted by atomic mass is 32.1. The molecule has 0 radical (unpaired) electrons. The molecular formula is C12H11N3O4S. The van der Waals surface area contributed by atoms with E-state index >= 15 is 0 Å². The summed E-state index contributed by atoms with van der Waals surface area (Å²) >= 11 is 5.03. The minimum Gasteiger partial charge on any atom is -0.506 e. The molecule has 3 N–H and O–H groups in total. The van der Waals surface area contributed by atoms with E-state index in [0.717, 1.165) is 0 Å². The molecule has 0 unspecified atom stereocenters. The zero-order valence-corrected chi connectivity index (χ0v) is 11.0. The molecule has 2 aromatic rings. The molecule has 8 heteroatoms. The van der Waals surface area contributed by atoms with E-state index in [1.165, 1.54) is 18.2 Å². The first kappa shape index (κ1) is 13.8. The number of nitrogens with one attached hydrogen (secondary N) is 2. The van der Waals surface area contributed by atoms with Crippen LogP contribution in [0.3, 0.4) is 0 Å². The fourth-order valence-electron chi connectivity index (χ4n) is 1.48. The SMILES string of the molecule is O=[N+]([O-])c1ccc(O)c(NC(=S)NCc2ccco2)c1. The second-order valence-electron chi connectivity index (χ2n) is 3.85. The topological polar surface area (TPSA) is 101 Å². The van der Waals surface area contributed by atoms with Gasteiger partial charge in [0.25, 0.3) is 5.69 Å². The molecule has 2 rings (SSSR count). The number of benzene rings is 1. The van der Waals surface area contributed by atoms with Crippen LogP contribution in [0, 0.1) is 10.1 Å². The van der Waals surface area contributed by atoms with Crippen LogP contribution in [0.15, 0.2) is 41.0 Å². The van der Waals surface area contributed by atoms with Crippen molar-refractivity contribution < 1.29 is 14.4 Å². The molecule has 0 aliphatic carbocycles. The largest absolute Gasteiger partial charge is 0.506 e. The van der Waals surface area contributed by atoms with Crippen molar-refractivity contribution in [3.63, 3.8) is 0 Å². The Balaban J connectivity index is 2.00. The Kier molecular flexibility index (Phi) is 4.16. The first-order valence-electron chi connectivity index (χ1n) is 5.61. The lowest BCUT2D eigenvalue weighted by atomic mass is 10.2. The first-order valence-corrected chi connectivity index (χ1v) is 6.02. The summed E-state index contributed by atoms with van der Waals surface area (Å²) in [5.41, 5.74) is 0.0234. The number of nitro groups is 1. The number of rotatable bonds is 4. The number of nitro benzene ring substituents is 1. The number of phenols is 1. The van der Waals surface area contributed by atoms with Gasteiger partial charge in [-0.1, -0.05) is 0 Å². The molecule has 0 bridgehead atoms. The molecule has 0 fully saturated rings. The van der Waals surface area contributed by atoms with Crippen LogP contribution in [0.1, 0.15) is 5.76 Å². The summed E-state index contributed by atoms with van der Waals surface area (Å²) in [4.78, 5) is 10.1. The third-order valence-corrected chi connectivity index (χ3v) is 2.69. The highest BCUT2D eigenvalue weighted by Gasteiger charge is 2.11. The highest BCUT2D eigenvalue weighted by Crippen LogP contribution is 2.27. The molecule has 7 nitrogen and oxygen atoms in total. The van der Waals surface area contributed by atoms with E-state index in [2.05, 4.69) is 10.6 Å². The van der Waals surface area contributed by atoms with Crippen LogP contribution in [0.5, 0.6) is 5.75 Å². The molecule has 20 heavy (non-hydrogen) atoms. The van der Waals surface area contributed by atoms with Gasteiger partial charge in [-0.05, 0) is 30.4 Å². The van der Waals surface area contributed by atoms with Crippen LogP contribution in [-0.2, 0) is 6.54 Å². The van der Waals surface area contributed by atoms with Gasteiger partial charge in [0, 0.05) is 12.1 Å². The Morgan fingerprint density at radius 2 is 2.25 bits per heavy atom. The molecular weight excluding hydrogens is 282 g/mol. The molecule has 0 amide bonds. The molecule has 0 aliphatic rings. The van der Waals surface area contributed by atoms with Crippen molar-refractivity contribution in [1.29, 1.82) is 0 Å². The van der Waals surface area contributed by atoms with Crippen molar-refractivity contribution in [2.75, 3.05) is 5.32 Å². The van der Waals surface area contributed by atoms with Gasteiger partial charge >= 0.3 is 0 Å². The number of thiocarbonyl (C=S) groups is 1. The molecule has 1 aromatic carbocycles. The van der Waals surface area contributed by atoms with E-state index < -0.39 is 4.92 Å². The minimum atomic E-state index is -0.552. The average molecular weight is 293 g/mol. The lowest BCUT2D eigenvalue weighted by Crippen LogP contribution is -2.27. The predicted octanol–water partition coefficient (Wildman–Crippen LogP) is 2.38. The first-order chi connectivity index (χ1) is 9.56. The molecule has 0 saturated carbocycles. The van der Waals surface area contributed by atoms with Gasteiger partial charge in [-0.25, -0.2) is 0 Å². The molecule has 0 spiro atoms. The lowest BCUT2D eigenvalue weighted by molar-refractivity contribution is -0.384. The molecule has 104 valence electrons. The summed E-state index contributed by atoms with van der Waals surface area (Å²) in [6.07, 6.45) is 1.54. The van der Waals surface area contributed by atoms with Gasteiger partial charge < -0.3 is 20.2 Å². The number of aromatic hydroxyl groups is 1. The van der Waals surface area contributed by atoms with Gasteiger partial charge in [-0.3, -0.25) is 10.1 Å². The smallest absolute Gasteiger partial charge is 0.271 e. The number of non-ortho nitro benzene ring substituents is 1. The summed E-state index contributed by atoms with van der Waals surface area (Å²) in [6.45, 7) is 0.370. The van der Waals surface area contributed by atoms with Crippen molar-refractivity contribution in [3.8, 4) is 5.75 Å². The van der Waals surface area contributed by atoms with Crippen molar-refractivity contribution in [3.05, 3.63) is 52.5 Å². The maximum Gasteiger partial charge on any atom is 0.271 e. The third kappa shape index (κ3) is 3.45. The van der Waals surface area contributed by atoms with Gasteiger partial charge in [0.1, 0.15) is 11.5 Å². The molecule has 0 saturated heterocycles. The van der Waals surface area contributed by atoms with E-state index in [1.54, 1.807) is 18.4 Å². The van der Waals surface area contributed by atoms with Crippen LogP contribution in [0.4, 0.5) is 11.4 Å². The quantitative estimate of drug-likeness (QED) is 0.344. The highest BCUT2D eigenvalue weighted by molar-refractivity contribution is 7.80. The average Bonchev–Trinajstić information content (AvgIpc) is 2.92. The van der Waals surface area contributed by atoms with Gasteiger partial charge in [0.15, 0.2) is 5.11 Å². The van der Waals surface area contributed by atoms with Gasteiger partial charge in [0.2, 0.25) is 0 Å². The van der Waals surface area contributed by atoms with Crippen LogP contribution < -0.4 is 10.6 Å². The number of phenolic OH excluding ortho intramolecular Hbond substituents is 1. The normalized spacial score (nSPS) is 10.0. The zero-order chi connectivity index (χ0) is 14.5. The van der Waals surface area contributed by atoms with Crippen molar-refractivity contribution in [2.45, 2.75) is 6.54 Å². The standard InChI is InChI=1S/C12H11N3O4S/c16-11-4-3-8(15(17)18)6-10(11)14-12(20)13-7-9-2-1-5-19-9/h1-6,16H,7H2,(H2,13,14,20). The Hall–Kier alpha value is -2.61. The Labute approximate surface area is 119 Å². The number of hydrogen-bond acceptors (Lipinski definition) is 5. The minimum absolute atomic E-state index is 0.127. The monoisotopic (exact) mass is 293 g/mol. The van der Waals surface area contributed by atoms with E-state index in [4.69, 9.17) is 16.6 Å². The Morgan fingerprint density at radius 3 is 2.90 bits per heavy atom. The van der Waals surface area contributed by atoms with Crippen molar-refractivity contribution >= 4 is 28.7 Å². The number of hydrogen-bond donors (Lipinski definition) is 3. The van der Waals surface area contributed by atoms with E-state index in [-0.39, 0.29) is 22.2 Å². The molecule has 1 heterocycles. The maximum atomic E-state index is 10.7. The van der Waals surface area contributed by atoms with E-state index in [1.807, 2.05) is 0 Å². The maximum absolute atomic E-state index is 10.7. The van der Waals surface area contributed by atoms with Gasteiger partial charge in [-0.15, -0.1) is 0 Å². The number of anilines is 1. The van der Waals surface area contributed by atoms with Crippen LogP contribution in [0.25, 0.3) is 0 Å². The molecule has 1 aromatic heterocycles. The molecule has 0 atom stereocenters. The summed E-state index contributed by atoms with van der Waals surface area (Å²) in [7, 11) is 0. The van der Waals surface area contributed by atoms with Gasteiger partial charge in [-0.2, -0.15) is 0 Å². The molecule has 0 aliphatic heterocycles. The summed E-state index contributed by atoms with van der Waals surface area (Å²) in [6, 6.07) is 7.17. The predicted molar refractivity (Wildman–Crippen MR) is 76.5 cm³/mol. The zero-order valence-electron chi connectivity index (χ0n) is 10.2. The Morgan fingerprint density at radius 1 is 1.45 bits per heavy atom. The van der Waals surface area contributed by atoms with Gasteiger partial charge in [0.05, 0.1) is 23.4 Å². The van der Waals surface area contributed by atoms with Crippen LogP contribution in [0.2, 0.25) is 0 Å². The van der Waals surface area contributed by atoms with Crippen LogP contribution in [-0.4, -0.2) is 15.1 Å². The second-order valence-corrected chi connectivity index (χ2v) is 4.25. The fraction of sp³-hybridized carbons (Fsp3) is 0.0833. The van der Waals surface area contributed by atoms with Crippen molar-refractivity contribution in [1.82, 2.24) is 5.32 Å². The third-order valence-electron chi connectivity index (χ3n) is 2.44. The second kappa shape index (κ2) is 6.02.